The fourth-order valence-corrected chi connectivity index (χ4v) is 2.08. The van der Waals surface area contributed by atoms with Crippen molar-refractivity contribution in [3.05, 3.63) is 42.9 Å². The Morgan fingerprint density at radius 1 is 1.06 bits per heavy atom. The van der Waals surface area contributed by atoms with E-state index in [0.717, 1.165) is 21.2 Å². The highest BCUT2D eigenvalue weighted by Crippen LogP contribution is 2.22. The Morgan fingerprint density at radius 3 is 2.75 bits per heavy atom. The molecule has 1 aromatic carbocycles. The molecule has 78 valence electrons. The first-order chi connectivity index (χ1) is 7.92. The van der Waals surface area contributed by atoms with E-state index < -0.39 is 0 Å². The quantitative estimate of drug-likeness (QED) is 0.732. The number of fused-ring (bicyclic) bond motifs is 1. The molecule has 0 spiro atoms. The third-order valence-electron chi connectivity index (χ3n) is 2.10. The molecule has 0 radical (unpaired) electrons. The highest BCUT2D eigenvalue weighted by molar-refractivity contribution is 7.99. The molecule has 2 heterocycles. The Balaban J connectivity index is 1.99. The zero-order valence-electron chi connectivity index (χ0n) is 8.29. The molecule has 0 aliphatic heterocycles. The summed E-state index contributed by atoms with van der Waals surface area (Å²) in [5, 5.41) is 1.67. The van der Waals surface area contributed by atoms with Gasteiger partial charge in [0.2, 0.25) is 0 Å². The normalized spacial score (nSPS) is 10.8. The lowest BCUT2D eigenvalue weighted by molar-refractivity contribution is 1.04. The lowest BCUT2D eigenvalue weighted by Crippen LogP contribution is -1.86. The molecule has 0 atom stereocenters. The first kappa shape index (κ1) is 9.35. The van der Waals surface area contributed by atoms with Gasteiger partial charge in [-0.2, -0.15) is 0 Å². The Labute approximate surface area is 96.2 Å². The second-order valence-corrected chi connectivity index (χ2v) is 4.20. The van der Waals surface area contributed by atoms with Crippen LogP contribution in [-0.2, 0) is 0 Å². The summed E-state index contributed by atoms with van der Waals surface area (Å²) >= 11 is 1.47. The van der Waals surface area contributed by atoms with Gasteiger partial charge in [-0.25, -0.2) is 9.97 Å². The summed E-state index contributed by atoms with van der Waals surface area (Å²) in [7, 11) is 0. The summed E-state index contributed by atoms with van der Waals surface area (Å²) in [5.74, 6) is 0. The zero-order chi connectivity index (χ0) is 10.8. The zero-order valence-corrected chi connectivity index (χ0v) is 9.11. The third kappa shape index (κ3) is 1.77. The summed E-state index contributed by atoms with van der Waals surface area (Å²) in [4.78, 5) is 16.0. The molecule has 5 heteroatoms. The van der Waals surface area contributed by atoms with Gasteiger partial charge in [0.15, 0.2) is 5.16 Å². The number of H-pyrrole nitrogens is 1. The van der Waals surface area contributed by atoms with Crippen LogP contribution in [0.25, 0.3) is 11.0 Å². The number of hydrogen-bond acceptors (Lipinski definition) is 4. The number of para-hydroxylation sites is 2. The minimum atomic E-state index is 0.824. The molecule has 16 heavy (non-hydrogen) atoms. The van der Waals surface area contributed by atoms with Gasteiger partial charge in [0.05, 0.1) is 17.2 Å². The van der Waals surface area contributed by atoms with Crippen molar-refractivity contribution in [2.45, 2.75) is 10.2 Å². The van der Waals surface area contributed by atoms with Gasteiger partial charge in [-0.3, -0.25) is 4.98 Å². The molecule has 0 amide bonds. The van der Waals surface area contributed by atoms with Gasteiger partial charge in [0, 0.05) is 12.4 Å². The van der Waals surface area contributed by atoms with E-state index in [2.05, 4.69) is 19.9 Å². The van der Waals surface area contributed by atoms with Crippen LogP contribution in [0.2, 0.25) is 0 Å². The SMILES string of the molecule is c1ccc2nc(Sc3ncc[nH]3)cnc2c1. The van der Waals surface area contributed by atoms with E-state index in [1.54, 1.807) is 18.6 Å². The summed E-state index contributed by atoms with van der Waals surface area (Å²) in [6.45, 7) is 0. The van der Waals surface area contributed by atoms with Crippen molar-refractivity contribution < 1.29 is 0 Å². The first-order valence-corrected chi connectivity index (χ1v) is 5.62. The molecule has 0 fully saturated rings. The van der Waals surface area contributed by atoms with Gasteiger partial charge in [-0.1, -0.05) is 12.1 Å². The number of nitrogens with one attached hydrogen (secondary N) is 1. The van der Waals surface area contributed by atoms with Crippen LogP contribution in [0, 0.1) is 0 Å². The monoisotopic (exact) mass is 228 g/mol. The lowest BCUT2D eigenvalue weighted by atomic mass is 10.3. The van der Waals surface area contributed by atoms with E-state index in [0.29, 0.717) is 0 Å². The lowest BCUT2D eigenvalue weighted by Gasteiger charge is -1.99. The maximum absolute atomic E-state index is 4.49. The van der Waals surface area contributed by atoms with Gasteiger partial charge in [-0.05, 0) is 23.9 Å². The number of imidazole rings is 1. The fourth-order valence-electron chi connectivity index (χ4n) is 1.40. The highest BCUT2D eigenvalue weighted by atomic mass is 32.2. The summed E-state index contributed by atoms with van der Waals surface area (Å²) in [6, 6.07) is 7.81. The molecule has 0 saturated carbocycles. The summed E-state index contributed by atoms with van der Waals surface area (Å²) < 4.78 is 0. The van der Waals surface area contributed by atoms with E-state index in [9.17, 15) is 0 Å². The minimum Gasteiger partial charge on any atom is -0.339 e. The van der Waals surface area contributed by atoms with Crippen LogP contribution in [0.1, 0.15) is 0 Å². The third-order valence-corrected chi connectivity index (χ3v) is 2.92. The second kappa shape index (κ2) is 3.94. The smallest absolute Gasteiger partial charge is 0.171 e. The van der Waals surface area contributed by atoms with Crippen LogP contribution < -0.4 is 0 Å². The van der Waals surface area contributed by atoms with Crippen molar-refractivity contribution >= 4 is 22.8 Å². The van der Waals surface area contributed by atoms with E-state index in [1.807, 2.05) is 24.3 Å². The predicted molar refractivity (Wildman–Crippen MR) is 62.2 cm³/mol. The molecule has 3 aromatic rings. The predicted octanol–water partition coefficient (Wildman–Crippen LogP) is 2.50. The van der Waals surface area contributed by atoms with E-state index >= 15 is 0 Å². The van der Waals surface area contributed by atoms with Crippen LogP contribution in [-0.4, -0.2) is 19.9 Å². The van der Waals surface area contributed by atoms with Crippen molar-refractivity contribution in [3.63, 3.8) is 0 Å². The van der Waals surface area contributed by atoms with Crippen molar-refractivity contribution in [1.29, 1.82) is 0 Å². The van der Waals surface area contributed by atoms with Crippen molar-refractivity contribution in [2.75, 3.05) is 0 Å². The largest absolute Gasteiger partial charge is 0.339 e. The van der Waals surface area contributed by atoms with Crippen LogP contribution in [0.3, 0.4) is 0 Å². The van der Waals surface area contributed by atoms with Crippen LogP contribution in [0.5, 0.6) is 0 Å². The molecular weight excluding hydrogens is 220 g/mol. The highest BCUT2D eigenvalue weighted by Gasteiger charge is 2.02. The molecular formula is C11H8N4S. The number of aromatic nitrogens is 4. The molecule has 4 nitrogen and oxygen atoms in total. The van der Waals surface area contributed by atoms with Gasteiger partial charge >= 0.3 is 0 Å². The Hall–Kier alpha value is -1.88. The number of rotatable bonds is 2. The molecule has 2 aromatic heterocycles. The maximum atomic E-state index is 4.49. The van der Waals surface area contributed by atoms with Gasteiger partial charge in [0.1, 0.15) is 5.03 Å². The molecule has 0 saturated heterocycles. The van der Waals surface area contributed by atoms with E-state index in [4.69, 9.17) is 0 Å². The molecule has 3 rings (SSSR count). The summed E-state index contributed by atoms with van der Waals surface area (Å²) in [5.41, 5.74) is 1.81. The van der Waals surface area contributed by atoms with Crippen LogP contribution >= 0.6 is 11.8 Å². The number of aromatic amines is 1. The van der Waals surface area contributed by atoms with Crippen molar-refractivity contribution in [3.8, 4) is 0 Å². The molecule has 1 N–H and O–H groups in total. The van der Waals surface area contributed by atoms with Crippen LogP contribution in [0.4, 0.5) is 0 Å². The Morgan fingerprint density at radius 2 is 1.94 bits per heavy atom. The molecule has 0 unspecified atom stereocenters. The second-order valence-electron chi connectivity index (χ2n) is 3.19. The standard InChI is InChI=1S/C11H8N4S/c1-2-4-9-8(3-1)14-7-10(15-9)16-11-12-5-6-13-11/h1-7H,(H,12,13). The van der Waals surface area contributed by atoms with E-state index in [1.165, 1.54) is 11.8 Å². The number of nitrogens with zero attached hydrogens (tertiary/aromatic N) is 3. The van der Waals surface area contributed by atoms with Gasteiger partial charge in [0.25, 0.3) is 0 Å². The molecule has 0 aliphatic carbocycles. The Bertz CT molecular complexity index is 606. The minimum absolute atomic E-state index is 0.824. The summed E-state index contributed by atoms with van der Waals surface area (Å²) in [6.07, 6.45) is 5.27. The van der Waals surface area contributed by atoms with Gasteiger partial charge < -0.3 is 4.98 Å². The Kier molecular flexibility index (Phi) is 2.30. The average Bonchev–Trinajstić information content (AvgIpc) is 2.82. The van der Waals surface area contributed by atoms with Gasteiger partial charge in [-0.15, -0.1) is 0 Å². The van der Waals surface area contributed by atoms with Crippen LogP contribution in [0.15, 0.2) is 53.0 Å². The molecule has 0 bridgehead atoms. The van der Waals surface area contributed by atoms with Crippen molar-refractivity contribution in [2.24, 2.45) is 0 Å². The number of hydrogen-bond donors (Lipinski definition) is 1. The number of benzene rings is 1. The first-order valence-electron chi connectivity index (χ1n) is 4.81. The average molecular weight is 228 g/mol. The molecule has 0 aliphatic rings. The van der Waals surface area contributed by atoms with Crippen molar-refractivity contribution in [1.82, 2.24) is 19.9 Å². The maximum Gasteiger partial charge on any atom is 0.171 e. The topological polar surface area (TPSA) is 54.5 Å². The fraction of sp³-hybridized carbons (Fsp3) is 0. The van der Waals surface area contributed by atoms with E-state index in [-0.39, 0.29) is 0 Å².